The molecule has 0 unspecified atom stereocenters. The zero-order valence-corrected chi connectivity index (χ0v) is 32.2. The summed E-state index contributed by atoms with van der Waals surface area (Å²) in [7, 11) is 0. The van der Waals surface area contributed by atoms with Gasteiger partial charge < -0.3 is 4.57 Å². The molecule has 2 aromatic heterocycles. The number of rotatable bonds is 1. The lowest BCUT2D eigenvalue weighted by Gasteiger charge is -2.48. The molecule has 1 nitrogen and oxygen atoms in total. The Morgan fingerprint density at radius 3 is 1.47 bits per heavy atom. The predicted octanol–water partition coefficient (Wildman–Crippen LogP) is 14.2. The minimum absolute atomic E-state index is 0.450. The second-order valence-corrected chi connectivity index (χ2v) is 17.3. The van der Waals surface area contributed by atoms with Gasteiger partial charge in [-0.25, -0.2) is 0 Å². The van der Waals surface area contributed by atoms with Gasteiger partial charge in [-0.05, 0) is 103 Å². The molecule has 14 rings (SSSR count). The first-order chi connectivity index (χ1) is 28.8. The highest BCUT2D eigenvalue weighted by atomic mass is 32.1. The van der Waals surface area contributed by atoms with Crippen LogP contribution in [0.25, 0.3) is 69.9 Å². The van der Waals surface area contributed by atoms with Gasteiger partial charge >= 0.3 is 0 Å². The Balaban J connectivity index is 1.12. The van der Waals surface area contributed by atoms with E-state index < -0.39 is 10.8 Å². The Bertz CT molecular complexity index is 3500. The zero-order chi connectivity index (χ0) is 37.7. The van der Waals surface area contributed by atoms with E-state index in [0.717, 1.165) is 0 Å². The Hall–Kier alpha value is -7.00. The lowest BCUT2D eigenvalue weighted by atomic mass is 9.52. The maximum atomic E-state index is 2.51. The van der Waals surface area contributed by atoms with Crippen molar-refractivity contribution in [1.82, 2.24) is 4.57 Å². The van der Waals surface area contributed by atoms with E-state index in [0.29, 0.717) is 0 Å². The molecule has 0 radical (unpaired) electrons. The van der Waals surface area contributed by atoms with Gasteiger partial charge in [-0.1, -0.05) is 164 Å². The van der Waals surface area contributed by atoms with Gasteiger partial charge in [-0.3, -0.25) is 0 Å². The normalized spacial score (nSPS) is 14.8. The summed E-state index contributed by atoms with van der Waals surface area (Å²) >= 11 is 1.87. The van der Waals surface area contributed by atoms with Crippen molar-refractivity contribution in [2.24, 2.45) is 0 Å². The van der Waals surface area contributed by atoms with Gasteiger partial charge in [0.2, 0.25) is 0 Å². The summed E-state index contributed by atoms with van der Waals surface area (Å²) in [6.07, 6.45) is 0. The van der Waals surface area contributed by atoms with Gasteiger partial charge in [0.15, 0.2) is 0 Å². The van der Waals surface area contributed by atoms with Crippen molar-refractivity contribution in [2.75, 3.05) is 0 Å². The van der Waals surface area contributed by atoms with Crippen LogP contribution in [-0.4, -0.2) is 4.57 Å². The number of fused-ring (bicyclic) bond motifs is 23. The monoisotopic (exact) mass is 751 g/mol. The summed E-state index contributed by atoms with van der Waals surface area (Å²) in [6.45, 7) is 0. The van der Waals surface area contributed by atoms with E-state index in [-0.39, 0.29) is 0 Å². The van der Waals surface area contributed by atoms with Crippen LogP contribution in [0.3, 0.4) is 0 Å². The van der Waals surface area contributed by atoms with E-state index in [2.05, 4.69) is 205 Å². The third-order valence-corrected chi connectivity index (χ3v) is 15.0. The Labute approximate surface area is 339 Å². The van der Waals surface area contributed by atoms with Crippen LogP contribution in [0.15, 0.2) is 200 Å². The summed E-state index contributed by atoms with van der Waals surface area (Å²) in [6, 6.07) is 76.2. The average molecular weight is 752 g/mol. The number of para-hydroxylation sites is 1. The van der Waals surface area contributed by atoms with Gasteiger partial charge in [0.1, 0.15) is 0 Å². The van der Waals surface area contributed by atoms with E-state index in [1.807, 2.05) is 11.3 Å². The Kier molecular flexibility index (Phi) is 5.84. The second-order valence-electron chi connectivity index (χ2n) is 16.2. The summed E-state index contributed by atoms with van der Waals surface area (Å²) in [4.78, 5) is 0. The first kappa shape index (κ1) is 31.1. The molecule has 0 amide bonds. The molecule has 2 heterocycles. The largest absolute Gasteiger partial charge is 0.309 e. The van der Waals surface area contributed by atoms with E-state index in [4.69, 9.17) is 0 Å². The zero-order valence-electron chi connectivity index (χ0n) is 31.4. The number of thiophene rings is 1. The molecule has 0 bridgehead atoms. The molecule has 11 aromatic rings. The fourth-order valence-corrected chi connectivity index (χ4v) is 13.0. The van der Waals surface area contributed by atoms with Crippen LogP contribution in [0.2, 0.25) is 0 Å². The molecule has 2 spiro atoms. The molecule has 9 aromatic carbocycles. The van der Waals surface area contributed by atoms with Crippen LogP contribution < -0.4 is 0 Å². The molecule has 0 atom stereocenters. The number of hydrogen-bond donors (Lipinski definition) is 0. The molecule has 3 aliphatic rings. The van der Waals surface area contributed by atoms with Gasteiger partial charge in [-0.2, -0.15) is 0 Å². The molecule has 58 heavy (non-hydrogen) atoms. The van der Waals surface area contributed by atoms with Crippen molar-refractivity contribution >= 4 is 53.3 Å². The van der Waals surface area contributed by atoms with Gasteiger partial charge in [0.05, 0.1) is 21.9 Å². The van der Waals surface area contributed by atoms with Crippen molar-refractivity contribution in [3.05, 3.63) is 245 Å². The molecule has 2 heteroatoms. The van der Waals surface area contributed by atoms with Crippen molar-refractivity contribution < 1.29 is 0 Å². The molecule has 268 valence electrons. The van der Waals surface area contributed by atoms with Crippen LogP contribution in [-0.2, 0) is 10.8 Å². The van der Waals surface area contributed by atoms with Crippen LogP contribution in [0, 0.1) is 0 Å². The highest BCUT2D eigenvalue weighted by Gasteiger charge is 2.59. The number of aromatic nitrogens is 1. The summed E-state index contributed by atoms with van der Waals surface area (Å²) in [5, 5.41) is 5.24. The fourth-order valence-electron chi connectivity index (χ4n) is 11.9. The summed E-state index contributed by atoms with van der Waals surface area (Å²) < 4.78 is 5.16. The SMILES string of the molecule is c1ccc2c(c1)-c1ccccc1C21c2ccccc2C2(c3ccccc3-c3c2ccc2c3c3ccccc3n2-c2ccc3sc4ccccc4c3c2)c2ccccc21. The van der Waals surface area contributed by atoms with Crippen LogP contribution in [0.5, 0.6) is 0 Å². The van der Waals surface area contributed by atoms with Crippen LogP contribution in [0.4, 0.5) is 0 Å². The highest BCUT2D eigenvalue weighted by molar-refractivity contribution is 7.25. The molecule has 0 fully saturated rings. The van der Waals surface area contributed by atoms with Crippen molar-refractivity contribution in [3.63, 3.8) is 0 Å². The summed E-state index contributed by atoms with van der Waals surface area (Å²) in [5.74, 6) is 0. The number of nitrogens with zero attached hydrogens (tertiary/aromatic N) is 1. The third-order valence-electron chi connectivity index (χ3n) is 13.9. The quantitative estimate of drug-likeness (QED) is 0.157. The first-order valence-corrected chi connectivity index (χ1v) is 21.1. The smallest absolute Gasteiger partial charge is 0.0720 e. The van der Waals surface area contributed by atoms with Gasteiger partial charge in [0.25, 0.3) is 0 Å². The molecular weight excluding hydrogens is 719 g/mol. The minimum atomic E-state index is -0.525. The molecule has 0 aliphatic heterocycles. The Morgan fingerprint density at radius 1 is 0.328 bits per heavy atom. The minimum Gasteiger partial charge on any atom is -0.309 e. The topological polar surface area (TPSA) is 4.93 Å². The Morgan fingerprint density at radius 2 is 0.810 bits per heavy atom. The van der Waals surface area contributed by atoms with Gasteiger partial charge in [0, 0.05) is 36.6 Å². The number of benzene rings is 9. The standard InChI is InChI=1S/C56H33NS/c1-6-20-41-35(15-1)36-16-2-7-21-42(36)55(41)44-23-9-11-25-46(44)56(47-26-12-10-24-45(47)55)43-22-8-3-18-38(43)53-48(56)30-31-50-54(53)39-19-4-13-27-49(39)57(50)34-29-32-52-40(33-34)37-17-5-14-28-51(37)58-52/h1-33H. The van der Waals surface area contributed by atoms with Crippen molar-refractivity contribution in [2.45, 2.75) is 10.8 Å². The third kappa shape index (κ3) is 3.48. The molecule has 3 aliphatic carbocycles. The summed E-state index contributed by atoms with van der Waals surface area (Å²) in [5.41, 5.74) is 18.9. The molecule has 0 saturated heterocycles. The maximum absolute atomic E-state index is 2.51. The molecule has 0 N–H and O–H groups in total. The van der Waals surface area contributed by atoms with E-state index in [1.165, 1.54) is 114 Å². The molecule has 0 saturated carbocycles. The van der Waals surface area contributed by atoms with Crippen LogP contribution in [0.1, 0.15) is 44.5 Å². The van der Waals surface area contributed by atoms with Crippen molar-refractivity contribution in [3.8, 4) is 27.9 Å². The van der Waals surface area contributed by atoms with Crippen LogP contribution >= 0.6 is 11.3 Å². The first-order valence-electron chi connectivity index (χ1n) is 20.3. The second kappa shape index (κ2) is 10.9. The highest BCUT2D eigenvalue weighted by Crippen LogP contribution is 2.68. The van der Waals surface area contributed by atoms with Crippen molar-refractivity contribution in [1.29, 1.82) is 0 Å². The molecular formula is C56H33NS. The van der Waals surface area contributed by atoms with E-state index in [1.54, 1.807) is 0 Å². The van der Waals surface area contributed by atoms with Gasteiger partial charge in [-0.15, -0.1) is 11.3 Å². The lowest BCUT2D eigenvalue weighted by molar-refractivity contribution is 0.633. The number of hydrogen-bond acceptors (Lipinski definition) is 1. The fraction of sp³-hybridized carbons (Fsp3) is 0.0357. The average Bonchev–Trinajstić information content (AvgIpc) is 4.00. The lowest BCUT2D eigenvalue weighted by Crippen LogP contribution is -2.43. The van der Waals surface area contributed by atoms with E-state index >= 15 is 0 Å². The van der Waals surface area contributed by atoms with E-state index in [9.17, 15) is 0 Å². The predicted molar refractivity (Wildman–Crippen MR) is 242 cm³/mol. The maximum Gasteiger partial charge on any atom is 0.0720 e.